The summed E-state index contributed by atoms with van der Waals surface area (Å²) in [5, 5.41) is 0. The summed E-state index contributed by atoms with van der Waals surface area (Å²) in [4.78, 5) is 29.5. The van der Waals surface area contributed by atoms with Crippen molar-refractivity contribution in [3.8, 4) is 0 Å². The first-order valence-corrected chi connectivity index (χ1v) is 9.47. The largest absolute Gasteiger partial charge is 0.342 e. The van der Waals surface area contributed by atoms with Gasteiger partial charge in [0, 0.05) is 26.6 Å². The van der Waals surface area contributed by atoms with Gasteiger partial charge in [-0.15, -0.1) is 0 Å². The van der Waals surface area contributed by atoms with E-state index in [0.717, 1.165) is 18.7 Å². The van der Waals surface area contributed by atoms with Gasteiger partial charge in [0.1, 0.15) is 0 Å². The number of carbonyl (C=O) groups excluding carboxylic acids is 2. The van der Waals surface area contributed by atoms with E-state index < -0.39 is 0 Å². The Morgan fingerprint density at radius 1 is 1.08 bits per heavy atom. The van der Waals surface area contributed by atoms with Crippen molar-refractivity contribution in [3.63, 3.8) is 0 Å². The zero-order chi connectivity index (χ0) is 18.1. The van der Waals surface area contributed by atoms with Crippen LogP contribution in [0.5, 0.6) is 0 Å². The molecule has 2 fully saturated rings. The molecule has 4 heteroatoms. The highest BCUT2D eigenvalue weighted by Crippen LogP contribution is 2.38. The second-order valence-corrected chi connectivity index (χ2v) is 8.19. The highest BCUT2D eigenvalue weighted by molar-refractivity contribution is 5.85. The molecule has 2 amide bonds. The fourth-order valence-corrected chi connectivity index (χ4v) is 4.59. The third-order valence-corrected chi connectivity index (χ3v) is 5.78. The summed E-state index contributed by atoms with van der Waals surface area (Å²) < 4.78 is 0. The van der Waals surface area contributed by atoms with Gasteiger partial charge in [-0.3, -0.25) is 9.59 Å². The predicted molar refractivity (Wildman–Crippen MR) is 98.9 cm³/mol. The second kappa shape index (κ2) is 7.19. The number of piperidine rings is 2. The highest BCUT2D eigenvalue weighted by Gasteiger charge is 2.41. The third kappa shape index (κ3) is 3.73. The van der Waals surface area contributed by atoms with Crippen LogP contribution in [0, 0.1) is 24.7 Å². The van der Waals surface area contributed by atoms with Crippen LogP contribution in [0.2, 0.25) is 0 Å². The molecular formula is C21H30N2O2. The average Bonchev–Trinajstić information content (AvgIpc) is 2.57. The van der Waals surface area contributed by atoms with Gasteiger partial charge in [-0.1, -0.05) is 43.7 Å². The van der Waals surface area contributed by atoms with Crippen LogP contribution in [-0.2, 0) is 9.59 Å². The van der Waals surface area contributed by atoms with Crippen LogP contribution in [0.25, 0.3) is 0 Å². The number of likely N-dealkylation sites (tertiary alicyclic amines) is 2. The second-order valence-electron chi connectivity index (χ2n) is 8.19. The Bertz CT molecular complexity index is 630. The summed E-state index contributed by atoms with van der Waals surface area (Å²) in [7, 11) is 1.84. The minimum Gasteiger partial charge on any atom is -0.342 e. The monoisotopic (exact) mass is 342 g/mol. The maximum atomic E-state index is 13.3. The van der Waals surface area contributed by atoms with Gasteiger partial charge in [-0.25, -0.2) is 0 Å². The molecule has 3 rings (SSSR count). The molecule has 2 heterocycles. The minimum absolute atomic E-state index is 0.134. The fraction of sp³-hybridized carbons (Fsp3) is 0.619. The topological polar surface area (TPSA) is 40.6 Å². The summed E-state index contributed by atoms with van der Waals surface area (Å²) >= 11 is 0. The summed E-state index contributed by atoms with van der Waals surface area (Å²) in [6.45, 7) is 8.20. The van der Waals surface area contributed by atoms with Crippen LogP contribution < -0.4 is 0 Å². The SMILES string of the molecule is Cc1ccc([C@@H]2[C@H](C(=O)N3C[C@@H](C)C[C@H](C)C3)CCC(=O)N2C)cc1. The summed E-state index contributed by atoms with van der Waals surface area (Å²) in [5.74, 6) is 1.32. The van der Waals surface area contributed by atoms with Gasteiger partial charge >= 0.3 is 0 Å². The Kier molecular flexibility index (Phi) is 5.16. The van der Waals surface area contributed by atoms with E-state index in [1.807, 2.05) is 11.9 Å². The lowest BCUT2D eigenvalue weighted by Gasteiger charge is -2.43. The Morgan fingerprint density at radius 3 is 2.28 bits per heavy atom. The molecule has 0 radical (unpaired) electrons. The van der Waals surface area contributed by atoms with Crippen LogP contribution in [0.3, 0.4) is 0 Å². The zero-order valence-corrected chi connectivity index (χ0v) is 15.9. The van der Waals surface area contributed by atoms with Crippen molar-refractivity contribution in [2.45, 2.75) is 46.1 Å². The molecule has 4 nitrogen and oxygen atoms in total. The lowest BCUT2D eigenvalue weighted by molar-refractivity contribution is -0.148. The number of nitrogens with zero attached hydrogens (tertiary/aromatic N) is 2. The molecule has 0 N–H and O–H groups in total. The van der Waals surface area contributed by atoms with Gasteiger partial charge in [-0.05, 0) is 37.2 Å². The van der Waals surface area contributed by atoms with E-state index in [1.54, 1.807) is 4.90 Å². The first-order chi connectivity index (χ1) is 11.9. The molecule has 2 aliphatic rings. The summed E-state index contributed by atoms with van der Waals surface area (Å²) in [6.07, 6.45) is 2.31. The molecule has 0 aromatic heterocycles. The quantitative estimate of drug-likeness (QED) is 0.826. The zero-order valence-electron chi connectivity index (χ0n) is 15.9. The normalized spacial score (nSPS) is 30.5. The van der Waals surface area contributed by atoms with Gasteiger partial charge in [0.25, 0.3) is 0 Å². The van der Waals surface area contributed by atoms with Gasteiger partial charge in [0.15, 0.2) is 0 Å². The molecule has 4 atom stereocenters. The number of rotatable bonds is 2. The van der Waals surface area contributed by atoms with Crippen molar-refractivity contribution < 1.29 is 9.59 Å². The van der Waals surface area contributed by atoms with Crippen molar-refractivity contribution in [1.29, 1.82) is 0 Å². The number of aryl methyl sites for hydroxylation is 1. The minimum atomic E-state index is -0.151. The molecule has 136 valence electrons. The Hall–Kier alpha value is -1.84. The Morgan fingerprint density at radius 2 is 1.68 bits per heavy atom. The van der Waals surface area contributed by atoms with E-state index >= 15 is 0 Å². The number of amides is 2. The molecular weight excluding hydrogens is 312 g/mol. The van der Waals surface area contributed by atoms with E-state index in [2.05, 4.69) is 45.0 Å². The fourth-order valence-electron chi connectivity index (χ4n) is 4.59. The predicted octanol–water partition coefficient (Wildman–Crippen LogP) is 3.41. The van der Waals surface area contributed by atoms with Crippen LogP contribution in [0.4, 0.5) is 0 Å². The van der Waals surface area contributed by atoms with Gasteiger partial charge in [0.05, 0.1) is 12.0 Å². The maximum absolute atomic E-state index is 13.3. The van der Waals surface area contributed by atoms with Crippen LogP contribution >= 0.6 is 0 Å². The molecule has 0 aliphatic carbocycles. The number of benzene rings is 1. The molecule has 25 heavy (non-hydrogen) atoms. The van der Waals surface area contributed by atoms with Gasteiger partial charge in [0.2, 0.25) is 11.8 Å². The van der Waals surface area contributed by atoms with Crippen LogP contribution in [0.1, 0.15) is 50.3 Å². The molecule has 0 unspecified atom stereocenters. The van der Waals surface area contributed by atoms with E-state index in [-0.39, 0.29) is 23.8 Å². The van der Waals surface area contributed by atoms with Crippen molar-refractivity contribution >= 4 is 11.8 Å². The van der Waals surface area contributed by atoms with Gasteiger partial charge in [-0.2, -0.15) is 0 Å². The standard InChI is InChI=1S/C21H30N2O2/c1-14-5-7-17(8-6-14)20-18(9-10-19(24)22(20)4)21(25)23-12-15(2)11-16(3)13-23/h5-8,15-16,18,20H,9-13H2,1-4H3/t15-,16-,18+,20+/m0/s1. The first-order valence-electron chi connectivity index (χ1n) is 9.47. The molecule has 0 spiro atoms. The van der Waals surface area contributed by atoms with Crippen molar-refractivity contribution in [1.82, 2.24) is 9.80 Å². The highest BCUT2D eigenvalue weighted by atomic mass is 16.2. The summed E-state index contributed by atoms with van der Waals surface area (Å²) in [5.41, 5.74) is 2.26. The van der Waals surface area contributed by atoms with E-state index in [1.165, 1.54) is 12.0 Å². The number of hydrogen-bond donors (Lipinski definition) is 0. The smallest absolute Gasteiger partial charge is 0.228 e. The Labute approximate surface area is 151 Å². The van der Waals surface area contributed by atoms with Crippen molar-refractivity contribution in [2.24, 2.45) is 17.8 Å². The van der Waals surface area contributed by atoms with Crippen molar-refractivity contribution in [2.75, 3.05) is 20.1 Å². The Balaban J connectivity index is 1.87. The molecule has 2 aliphatic heterocycles. The van der Waals surface area contributed by atoms with Gasteiger partial charge < -0.3 is 9.80 Å². The van der Waals surface area contributed by atoms with Crippen molar-refractivity contribution in [3.05, 3.63) is 35.4 Å². The lowest BCUT2D eigenvalue weighted by atomic mass is 9.82. The molecule has 1 aromatic rings. The molecule has 2 saturated heterocycles. The average molecular weight is 342 g/mol. The first kappa shape index (κ1) is 18.0. The van der Waals surface area contributed by atoms with E-state index in [0.29, 0.717) is 24.7 Å². The van der Waals surface area contributed by atoms with E-state index in [4.69, 9.17) is 0 Å². The molecule has 1 aromatic carbocycles. The van der Waals surface area contributed by atoms with Crippen LogP contribution in [0.15, 0.2) is 24.3 Å². The van der Waals surface area contributed by atoms with Crippen LogP contribution in [-0.4, -0.2) is 41.8 Å². The number of hydrogen-bond acceptors (Lipinski definition) is 2. The number of carbonyl (C=O) groups is 2. The maximum Gasteiger partial charge on any atom is 0.228 e. The van der Waals surface area contributed by atoms with E-state index in [9.17, 15) is 9.59 Å². The summed E-state index contributed by atoms with van der Waals surface area (Å²) in [6, 6.07) is 8.11. The lowest BCUT2D eigenvalue weighted by Crippen LogP contribution is -2.50. The third-order valence-electron chi connectivity index (χ3n) is 5.78. The molecule has 0 bridgehead atoms. The molecule has 0 saturated carbocycles.